The van der Waals surface area contributed by atoms with Gasteiger partial charge in [-0.3, -0.25) is 9.89 Å². The molecule has 6 nitrogen and oxygen atoms in total. The summed E-state index contributed by atoms with van der Waals surface area (Å²) < 4.78 is 13.8. The fourth-order valence-electron chi connectivity index (χ4n) is 3.25. The summed E-state index contributed by atoms with van der Waals surface area (Å²) in [4.78, 5) is 16.7. The Morgan fingerprint density at radius 2 is 2.00 bits per heavy atom. The molecular formula is C22H16FN5O. The standard InChI is InChI=1S/C22H16FN5O/c1-12-5-15(8-16(23)6-12)21-18-9-17(3-4-19(18)27-28-21)26-22(29)20-13(2)7-14(10-24)11-25-20/h3-9,11H,1-2H3,(H,26,29)(H,27,28). The SMILES string of the molecule is Cc1cc(F)cc(-c2n[nH]c3ccc(NC(=O)c4ncc(C#N)cc4C)cc23)c1. The number of fused-ring (bicyclic) bond motifs is 1. The number of hydrogen-bond donors (Lipinski definition) is 2. The molecule has 0 spiro atoms. The molecule has 2 aromatic heterocycles. The molecule has 2 heterocycles. The van der Waals surface area contributed by atoms with Crippen LogP contribution in [-0.2, 0) is 0 Å². The van der Waals surface area contributed by atoms with Gasteiger partial charge < -0.3 is 5.32 Å². The van der Waals surface area contributed by atoms with Gasteiger partial charge in [-0.2, -0.15) is 10.4 Å². The molecular weight excluding hydrogens is 369 g/mol. The normalized spacial score (nSPS) is 10.7. The van der Waals surface area contributed by atoms with E-state index in [1.807, 2.05) is 19.1 Å². The molecule has 29 heavy (non-hydrogen) atoms. The first-order valence-corrected chi connectivity index (χ1v) is 8.88. The largest absolute Gasteiger partial charge is 0.321 e. The molecule has 0 aliphatic rings. The first kappa shape index (κ1) is 18.3. The number of halogens is 1. The number of aromatic nitrogens is 3. The third-order valence-electron chi connectivity index (χ3n) is 4.56. The first-order valence-electron chi connectivity index (χ1n) is 8.88. The Labute approximate surface area is 166 Å². The molecule has 2 aromatic carbocycles. The predicted molar refractivity (Wildman–Crippen MR) is 108 cm³/mol. The second kappa shape index (κ2) is 7.17. The average molecular weight is 385 g/mol. The molecule has 0 fully saturated rings. The number of rotatable bonds is 3. The van der Waals surface area contributed by atoms with Crippen LogP contribution in [0, 0.1) is 31.0 Å². The fourth-order valence-corrected chi connectivity index (χ4v) is 3.25. The summed E-state index contributed by atoms with van der Waals surface area (Å²) >= 11 is 0. The van der Waals surface area contributed by atoms with Crippen molar-refractivity contribution in [2.24, 2.45) is 0 Å². The number of hydrogen-bond acceptors (Lipinski definition) is 4. The molecule has 0 radical (unpaired) electrons. The van der Waals surface area contributed by atoms with E-state index in [0.717, 1.165) is 16.5 Å². The molecule has 0 aliphatic carbocycles. The molecule has 0 unspecified atom stereocenters. The van der Waals surface area contributed by atoms with Gasteiger partial charge >= 0.3 is 0 Å². The minimum Gasteiger partial charge on any atom is -0.321 e. The molecule has 4 rings (SSSR count). The van der Waals surface area contributed by atoms with Gasteiger partial charge in [0.15, 0.2) is 0 Å². The lowest BCUT2D eigenvalue weighted by molar-refractivity contribution is 0.102. The van der Waals surface area contributed by atoms with E-state index >= 15 is 0 Å². The van der Waals surface area contributed by atoms with Crippen molar-refractivity contribution in [1.82, 2.24) is 15.2 Å². The van der Waals surface area contributed by atoms with E-state index in [2.05, 4.69) is 20.5 Å². The Bertz CT molecular complexity index is 1280. The second-order valence-corrected chi connectivity index (χ2v) is 6.81. The number of anilines is 1. The molecule has 0 aliphatic heterocycles. The number of nitrogens with one attached hydrogen (secondary N) is 2. The lowest BCUT2D eigenvalue weighted by Gasteiger charge is -2.08. The number of benzene rings is 2. The summed E-state index contributed by atoms with van der Waals surface area (Å²) in [6, 6.07) is 13.7. The summed E-state index contributed by atoms with van der Waals surface area (Å²) in [6.45, 7) is 3.55. The Kier molecular flexibility index (Phi) is 4.53. The summed E-state index contributed by atoms with van der Waals surface area (Å²) in [7, 11) is 0. The molecule has 0 bridgehead atoms. The van der Waals surface area contributed by atoms with Gasteiger partial charge in [0.2, 0.25) is 0 Å². The maximum absolute atomic E-state index is 13.8. The highest BCUT2D eigenvalue weighted by Gasteiger charge is 2.14. The number of H-pyrrole nitrogens is 1. The quantitative estimate of drug-likeness (QED) is 0.543. The molecule has 4 aromatic rings. The van der Waals surface area contributed by atoms with Crippen molar-refractivity contribution in [3.05, 3.63) is 76.9 Å². The van der Waals surface area contributed by atoms with E-state index in [1.165, 1.54) is 18.3 Å². The van der Waals surface area contributed by atoms with Crippen molar-refractivity contribution >= 4 is 22.5 Å². The summed E-state index contributed by atoms with van der Waals surface area (Å²) in [5.41, 5.74) is 4.64. The molecule has 0 atom stereocenters. The number of pyridine rings is 1. The number of amides is 1. The zero-order valence-electron chi connectivity index (χ0n) is 15.7. The third-order valence-corrected chi connectivity index (χ3v) is 4.56. The van der Waals surface area contributed by atoms with E-state index in [0.29, 0.717) is 28.1 Å². The zero-order valence-corrected chi connectivity index (χ0v) is 15.7. The van der Waals surface area contributed by atoms with Gasteiger partial charge in [-0.25, -0.2) is 9.37 Å². The number of carbonyl (C=O) groups excluding carboxylic acids is 1. The molecule has 2 N–H and O–H groups in total. The molecule has 1 amide bonds. The highest BCUT2D eigenvalue weighted by molar-refractivity contribution is 6.05. The van der Waals surface area contributed by atoms with Gasteiger partial charge in [0.1, 0.15) is 23.3 Å². The van der Waals surface area contributed by atoms with Crippen molar-refractivity contribution < 1.29 is 9.18 Å². The van der Waals surface area contributed by atoms with Gasteiger partial charge in [0, 0.05) is 22.8 Å². The van der Waals surface area contributed by atoms with Crippen LogP contribution in [-0.4, -0.2) is 21.1 Å². The highest BCUT2D eigenvalue weighted by Crippen LogP contribution is 2.29. The second-order valence-electron chi connectivity index (χ2n) is 6.81. The summed E-state index contributed by atoms with van der Waals surface area (Å²) in [5.74, 6) is -0.707. The van der Waals surface area contributed by atoms with Crippen LogP contribution in [0.5, 0.6) is 0 Å². The van der Waals surface area contributed by atoms with Crippen LogP contribution in [0.25, 0.3) is 22.2 Å². The average Bonchev–Trinajstić information content (AvgIpc) is 3.10. The van der Waals surface area contributed by atoms with Crippen LogP contribution in [0.3, 0.4) is 0 Å². The van der Waals surface area contributed by atoms with Crippen LogP contribution in [0.4, 0.5) is 10.1 Å². The highest BCUT2D eigenvalue weighted by atomic mass is 19.1. The van der Waals surface area contributed by atoms with Crippen molar-refractivity contribution in [2.45, 2.75) is 13.8 Å². The van der Waals surface area contributed by atoms with Gasteiger partial charge in [-0.1, -0.05) is 0 Å². The Morgan fingerprint density at radius 1 is 1.17 bits per heavy atom. The number of nitriles is 1. The molecule has 0 saturated carbocycles. The van der Waals surface area contributed by atoms with Gasteiger partial charge in [-0.15, -0.1) is 0 Å². The maximum Gasteiger partial charge on any atom is 0.274 e. The van der Waals surface area contributed by atoms with Crippen LogP contribution in [0.1, 0.15) is 27.2 Å². The Balaban J connectivity index is 1.69. The van der Waals surface area contributed by atoms with Crippen LogP contribution in [0.15, 0.2) is 48.7 Å². The van der Waals surface area contributed by atoms with Crippen molar-refractivity contribution in [3.8, 4) is 17.3 Å². The number of nitrogens with zero attached hydrogens (tertiary/aromatic N) is 3. The smallest absolute Gasteiger partial charge is 0.274 e. The topological polar surface area (TPSA) is 94.5 Å². The summed E-state index contributed by atoms with van der Waals surface area (Å²) in [6.07, 6.45) is 1.37. The van der Waals surface area contributed by atoms with Crippen molar-refractivity contribution in [1.29, 1.82) is 5.26 Å². The molecule has 7 heteroatoms. The Morgan fingerprint density at radius 3 is 2.72 bits per heavy atom. The van der Waals surface area contributed by atoms with Crippen molar-refractivity contribution in [3.63, 3.8) is 0 Å². The number of aryl methyl sites for hydroxylation is 2. The molecule has 142 valence electrons. The minimum atomic E-state index is -0.377. The van der Waals surface area contributed by atoms with E-state index in [-0.39, 0.29) is 17.4 Å². The van der Waals surface area contributed by atoms with Crippen molar-refractivity contribution in [2.75, 3.05) is 5.32 Å². The lowest BCUT2D eigenvalue weighted by Crippen LogP contribution is -2.15. The van der Waals surface area contributed by atoms with Crippen LogP contribution < -0.4 is 5.32 Å². The van der Waals surface area contributed by atoms with Crippen LogP contribution >= 0.6 is 0 Å². The van der Waals surface area contributed by atoms with E-state index in [1.54, 1.807) is 31.2 Å². The fraction of sp³-hybridized carbons (Fsp3) is 0.0909. The van der Waals surface area contributed by atoms with Crippen LogP contribution in [0.2, 0.25) is 0 Å². The first-order chi connectivity index (χ1) is 13.9. The number of aromatic amines is 1. The van der Waals surface area contributed by atoms with Gasteiger partial charge in [-0.05, 0) is 67.4 Å². The Hall–Kier alpha value is -4.05. The lowest BCUT2D eigenvalue weighted by atomic mass is 10.0. The maximum atomic E-state index is 13.8. The zero-order chi connectivity index (χ0) is 20.5. The predicted octanol–water partition coefficient (Wildman–Crippen LogP) is 4.50. The monoisotopic (exact) mass is 385 g/mol. The third kappa shape index (κ3) is 3.56. The van der Waals surface area contributed by atoms with Gasteiger partial charge in [0.05, 0.1) is 11.1 Å². The number of carbonyl (C=O) groups is 1. The minimum absolute atomic E-state index is 0.247. The van der Waals surface area contributed by atoms with Gasteiger partial charge in [0.25, 0.3) is 5.91 Å². The van der Waals surface area contributed by atoms with E-state index in [4.69, 9.17) is 5.26 Å². The molecule has 0 saturated heterocycles. The summed E-state index contributed by atoms with van der Waals surface area (Å²) in [5, 5.41) is 19.8. The van der Waals surface area contributed by atoms with E-state index < -0.39 is 0 Å². The van der Waals surface area contributed by atoms with E-state index in [9.17, 15) is 9.18 Å².